The molecule has 2 nitrogen and oxygen atoms in total. The predicted octanol–water partition coefficient (Wildman–Crippen LogP) is 3.86. The molecular formula is C10H11BrCl2O2S. The number of hydrogen-bond acceptors (Lipinski definition) is 2. The first-order valence-corrected chi connectivity index (χ1v) is 8.14. The highest BCUT2D eigenvalue weighted by atomic mass is 79.9. The third-order valence-corrected chi connectivity index (χ3v) is 6.18. The Hall–Kier alpha value is 0.230. The van der Waals surface area contributed by atoms with Crippen molar-refractivity contribution < 1.29 is 8.42 Å². The van der Waals surface area contributed by atoms with Gasteiger partial charge in [0.25, 0.3) is 0 Å². The SMILES string of the molecule is CC(C(Br)c1cc(Cl)ccc1Cl)S(C)(=O)=O. The van der Waals surface area contributed by atoms with E-state index in [4.69, 9.17) is 23.2 Å². The van der Waals surface area contributed by atoms with E-state index >= 15 is 0 Å². The minimum absolute atomic E-state index is 0.367. The van der Waals surface area contributed by atoms with Crippen molar-refractivity contribution in [3.8, 4) is 0 Å². The predicted molar refractivity (Wildman–Crippen MR) is 72.4 cm³/mol. The standard InChI is InChI=1S/C10H11BrCl2O2S/c1-6(16(2,14)15)10(11)8-5-7(12)3-4-9(8)13/h3-6,10H,1-2H3. The second kappa shape index (κ2) is 5.25. The molecule has 0 spiro atoms. The molecule has 0 bridgehead atoms. The number of hydrogen-bond donors (Lipinski definition) is 0. The van der Waals surface area contributed by atoms with Gasteiger partial charge in [-0.05, 0) is 30.7 Å². The van der Waals surface area contributed by atoms with Crippen molar-refractivity contribution in [2.24, 2.45) is 0 Å². The van der Waals surface area contributed by atoms with E-state index in [0.717, 1.165) is 0 Å². The van der Waals surface area contributed by atoms with Crippen LogP contribution in [0.25, 0.3) is 0 Å². The summed E-state index contributed by atoms with van der Waals surface area (Å²) in [4.78, 5) is -0.367. The van der Waals surface area contributed by atoms with Crippen LogP contribution < -0.4 is 0 Å². The van der Waals surface area contributed by atoms with Gasteiger partial charge in [-0.15, -0.1) is 0 Å². The number of benzene rings is 1. The minimum atomic E-state index is -3.13. The van der Waals surface area contributed by atoms with Crippen LogP contribution in [0.5, 0.6) is 0 Å². The molecule has 0 aliphatic rings. The lowest BCUT2D eigenvalue weighted by molar-refractivity contribution is 0.588. The van der Waals surface area contributed by atoms with Gasteiger partial charge < -0.3 is 0 Å². The van der Waals surface area contributed by atoms with Gasteiger partial charge in [0.2, 0.25) is 0 Å². The third-order valence-electron chi connectivity index (χ3n) is 2.34. The first kappa shape index (κ1) is 14.3. The van der Waals surface area contributed by atoms with Gasteiger partial charge in [0.1, 0.15) is 0 Å². The van der Waals surface area contributed by atoms with Crippen LogP contribution in [0.2, 0.25) is 10.0 Å². The summed E-state index contributed by atoms with van der Waals surface area (Å²) in [7, 11) is -3.13. The van der Waals surface area contributed by atoms with E-state index < -0.39 is 15.1 Å². The molecule has 16 heavy (non-hydrogen) atoms. The van der Waals surface area contributed by atoms with Gasteiger partial charge in [0.05, 0.1) is 10.1 Å². The Morgan fingerprint density at radius 3 is 2.38 bits per heavy atom. The Labute approximate surface area is 114 Å². The highest BCUT2D eigenvalue weighted by Gasteiger charge is 2.26. The fraction of sp³-hybridized carbons (Fsp3) is 0.400. The fourth-order valence-electron chi connectivity index (χ4n) is 1.20. The van der Waals surface area contributed by atoms with Crippen molar-refractivity contribution in [2.75, 3.05) is 6.26 Å². The molecule has 0 heterocycles. The van der Waals surface area contributed by atoms with E-state index in [-0.39, 0.29) is 4.83 Å². The molecule has 6 heteroatoms. The maximum atomic E-state index is 11.4. The number of rotatable bonds is 3. The van der Waals surface area contributed by atoms with Crippen molar-refractivity contribution in [3.05, 3.63) is 33.8 Å². The highest BCUT2D eigenvalue weighted by Crippen LogP contribution is 2.36. The molecule has 0 radical (unpaired) electrons. The van der Waals surface area contributed by atoms with Crippen molar-refractivity contribution in [3.63, 3.8) is 0 Å². The molecule has 1 rings (SSSR count). The van der Waals surface area contributed by atoms with Crippen LogP contribution in [0.4, 0.5) is 0 Å². The molecule has 0 aromatic heterocycles. The Morgan fingerprint density at radius 1 is 1.31 bits per heavy atom. The number of halogens is 3. The number of alkyl halides is 1. The van der Waals surface area contributed by atoms with Crippen molar-refractivity contribution in [2.45, 2.75) is 17.0 Å². The fourth-order valence-corrected chi connectivity index (χ4v) is 3.88. The van der Waals surface area contributed by atoms with Crippen LogP contribution in [0.1, 0.15) is 17.3 Å². The topological polar surface area (TPSA) is 34.1 Å². The molecule has 0 saturated heterocycles. The van der Waals surface area contributed by atoms with Crippen molar-refractivity contribution in [1.29, 1.82) is 0 Å². The Morgan fingerprint density at radius 2 is 1.88 bits per heavy atom. The molecule has 0 aliphatic heterocycles. The molecule has 0 N–H and O–H groups in total. The average Bonchev–Trinajstić information content (AvgIpc) is 2.18. The second-order valence-electron chi connectivity index (χ2n) is 3.60. The summed E-state index contributed by atoms with van der Waals surface area (Å²) in [5.74, 6) is 0. The van der Waals surface area contributed by atoms with Crippen LogP contribution in [-0.4, -0.2) is 19.9 Å². The van der Waals surface area contributed by atoms with E-state index in [2.05, 4.69) is 15.9 Å². The molecule has 90 valence electrons. The average molecular weight is 346 g/mol. The molecule has 2 atom stereocenters. The van der Waals surface area contributed by atoms with E-state index in [0.29, 0.717) is 15.6 Å². The van der Waals surface area contributed by atoms with Gasteiger partial charge >= 0.3 is 0 Å². The molecule has 1 aromatic carbocycles. The zero-order valence-corrected chi connectivity index (χ0v) is 12.7. The van der Waals surface area contributed by atoms with E-state index in [1.807, 2.05) is 0 Å². The van der Waals surface area contributed by atoms with Gasteiger partial charge in [-0.2, -0.15) is 0 Å². The van der Waals surface area contributed by atoms with Crippen molar-refractivity contribution in [1.82, 2.24) is 0 Å². The smallest absolute Gasteiger partial charge is 0.151 e. The highest BCUT2D eigenvalue weighted by molar-refractivity contribution is 9.09. The Kier molecular flexibility index (Phi) is 4.69. The molecular weight excluding hydrogens is 335 g/mol. The van der Waals surface area contributed by atoms with Crippen molar-refractivity contribution >= 4 is 49.0 Å². The van der Waals surface area contributed by atoms with E-state index in [1.165, 1.54) is 6.26 Å². The van der Waals surface area contributed by atoms with Gasteiger partial charge in [-0.3, -0.25) is 0 Å². The number of sulfone groups is 1. The largest absolute Gasteiger partial charge is 0.229 e. The second-order valence-corrected chi connectivity index (χ2v) is 7.84. The van der Waals surface area contributed by atoms with E-state index in [9.17, 15) is 8.42 Å². The third kappa shape index (κ3) is 3.36. The lowest BCUT2D eigenvalue weighted by atomic mass is 10.1. The lowest BCUT2D eigenvalue weighted by Crippen LogP contribution is -2.21. The molecule has 2 unspecified atom stereocenters. The summed E-state index contributed by atoms with van der Waals surface area (Å²) in [5, 5.41) is 0.467. The summed E-state index contributed by atoms with van der Waals surface area (Å²) < 4.78 is 22.9. The summed E-state index contributed by atoms with van der Waals surface area (Å²) in [6.45, 7) is 1.63. The first-order valence-electron chi connectivity index (χ1n) is 4.51. The van der Waals surface area contributed by atoms with Crippen LogP contribution in [0.15, 0.2) is 18.2 Å². The van der Waals surface area contributed by atoms with Crippen LogP contribution in [-0.2, 0) is 9.84 Å². The van der Waals surface area contributed by atoms with Gasteiger partial charge in [0, 0.05) is 16.3 Å². The van der Waals surface area contributed by atoms with Crippen LogP contribution in [0, 0.1) is 0 Å². The van der Waals surface area contributed by atoms with Gasteiger partial charge in [-0.1, -0.05) is 39.1 Å². The van der Waals surface area contributed by atoms with Gasteiger partial charge in [-0.25, -0.2) is 8.42 Å². The molecule has 0 saturated carbocycles. The summed E-state index contributed by atoms with van der Waals surface area (Å²) in [6, 6.07) is 4.99. The summed E-state index contributed by atoms with van der Waals surface area (Å²) in [6.07, 6.45) is 1.20. The maximum absolute atomic E-state index is 11.4. The maximum Gasteiger partial charge on any atom is 0.151 e. The molecule has 1 aromatic rings. The van der Waals surface area contributed by atoms with Crippen LogP contribution in [0.3, 0.4) is 0 Å². The molecule has 0 amide bonds. The zero-order chi connectivity index (χ0) is 12.5. The normalized spacial score (nSPS) is 15.8. The Balaban J connectivity index is 3.14. The summed E-state index contributed by atoms with van der Waals surface area (Å²) in [5.41, 5.74) is 0.687. The van der Waals surface area contributed by atoms with E-state index in [1.54, 1.807) is 25.1 Å². The lowest BCUT2D eigenvalue weighted by Gasteiger charge is -2.18. The van der Waals surface area contributed by atoms with Crippen LogP contribution >= 0.6 is 39.1 Å². The molecule has 0 fully saturated rings. The zero-order valence-electron chi connectivity index (χ0n) is 8.75. The minimum Gasteiger partial charge on any atom is -0.229 e. The quantitative estimate of drug-likeness (QED) is 0.779. The monoisotopic (exact) mass is 344 g/mol. The Bertz CT molecular complexity index is 488. The first-order chi connectivity index (χ1) is 7.23. The van der Waals surface area contributed by atoms with Gasteiger partial charge in [0.15, 0.2) is 9.84 Å². The summed E-state index contributed by atoms with van der Waals surface area (Å²) >= 11 is 15.2. The molecule has 0 aliphatic carbocycles.